The maximum Gasteiger partial charge on any atom is 1.00 e. The van der Waals surface area contributed by atoms with Crippen LogP contribution in [0.5, 0.6) is 0 Å². The normalized spacial score (nSPS) is 8.77. The molecule has 0 fully saturated rings. The third kappa shape index (κ3) is 3.78. The summed E-state index contributed by atoms with van der Waals surface area (Å²) in [4.78, 5) is 12.4. The molecule has 0 aliphatic rings. The topological polar surface area (TPSA) is 40.5 Å². The van der Waals surface area contributed by atoms with E-state index in [0.717, 1.165) is 5.69 Å². The number of aromatic carboxylic acids is 1. The Labute approximate surface area is 122 Å². The summed E-state index contributed by atoms with van der Waals surface area (Å²) in [5.74, 6) is -0.889. The third-order valence-corrected chi connectivity index (χ3v) is 1.63. The minimum atomic E-state index is -0.889. The fourth-order valence-electron chi connectivity index (χ4n) is 0.902. The Morgan fingerprint density at radius 3 is 2.08 bits per heavy atom. The number of hydrogen-bond acceptors (Lipinski definition) is 2. The molecule has 1 aromatic rings. The molecule has 0 saturated carbocycles. The fourth-order valence-corrected chi connectivity index (χ4v) is 0.902. The van der Waals surface area contributed by atoms with Crippen molar-refractivity contribution in [1.82, 2.24) is 0 Å². The largest absolute Gasteiger partial charge is 1.00 e. The minimum absolute atomic E-state index is 0. The van der Waals surface area contributed by atoms with Gasteiger partial charge in [0.05, 0.1) is 5.56 Å². The predicted molar refractivity (Wildman–Crippen MR) is 48.8 cm³/mol. The molecule has 1 N–H and O–H groups in total. The van der Waals surface area contributed by atoms with Gasteiger partial charge in [-0.15, -0.1) is 0 Å². The van der Waals surface area contributed by atoms with E-state index < -0.39 is 5.97 Å². The van der Waals surface area contributed by atoms with Gasteiger partial charge < -0.3 is 11.4 Å². The summed E-state index contributed by atoms with van der Waals surface area (Å²) in [5, 5.41) is 8.60. The maximum atomic E-state index is 10.5. The van der Waals surface area contributed by atoms with Gasteiger partial charge in [-0.1, -0.05) is 0 Å². The zero-order valence-corrected chi connectivity index (χ0v) is 11.2. The monoisotopic (exact) mass is 205 g/mol. The van der Waals surface area contributed by atoms with Crippen LogP contribution < -0.4 is 56.3 Å². The Kier molecular flexibility index (Phi) is 5.83. The van der Waals surface area contributed by atoms with Gasteiger partial charge in [0.2, 0.25) is 0 Å². The van der Waals surface area contributed by atoms with E-state index in [-0.39, 0.29) is 52.8 Å². The average molecular weight is 205 g/mol. The molecule has 0 amide bonds. The number of carboxylic acids is 1. The van der Waals surface area contributed by atoms with Gasteiger partial charge in [-0.3, -0.25) is 0 Å². The molecule has 0 aliphatic heterocycles. The Hall–Kier alpha value is 0.126. The first kappa shape index (κ1) is 13.1. The molecule has 1 rings (SSSR count). The molecule has 0 aliphatic carbocycles. The van der Waals surface area contributed by atoms with Gasteiger partial charge in [0.25, 0.3) is 0 Å². The minimum Gasteiger partial charge on any atom is -1.00 e. The zero-order valence-electron chi connectivity index (χ0n) is 9.11. The van der Waals surface area contributed by atoms with Crippen LogP contribution in [0.3, 0.4) is 0 Å². The molecule has 3 nitrogen and oxygen atoms in total. The Morgan fingerprint density at radius 2 is 1.77 bits per heavy atom. The molecule has 0 atom stereocenters. The number of rotatable bonds is 2. The molecule has 66 valence electrons. The van der Waals surface area contributed by atoms with E-state index in [4.69, 9.17) is 5.11 Å². The van der Waals surface area contributed by atoms with Crippen molar-refractivity contribution in [3.63, 3.8) is 0 Å². The van der Waals surface area contributed by atoms with Gasteiger partial charge in [-0.05, 0) is 24.3 Å². The number of hydrogen-bond donors (Lipinski definition) is 1. The quantitative estimate of drug-likeness (QED) is 0.602. The first-order valence-corrected chi connectivity index (χ1v) is 3.62. The molecule has 0 unspecified atom stereocenters. The maximum absolute atomic E-state index is 10.5. The molecule has 0 spiro atoms. The second-order valence-electron chi connectivity index (χ2n) is 2.75. The second kappa shape index (κ2) is 5.77. The number of carbonyl (C=O) groups is 1. The Morgan fingerprint density at radius 1 is 1.31 bits per heavy atom. The SMILES string of the molecule is CN(C)c1ccc(C(=O)O)cc1.[H-].[K+]. The van der Waals surface area contributed by atoms with Crippen molar-refractivity contribution < 1.29 is 62.7 Å². The zero-order chi connectivity index (χ0) is 9.14. The van der Waals surface area contributed by atoms with E-state index >= 15 is 0 Å². The molecule has 13 heavy (non-hydrogen) atoms. The van der Waals surface area contributed by atoms with Crippen LogP contribution in [-0.2, 0) is 0 Å². The van der Waals surface area contributed by atoms with Crippen molar-refractivity contribution in [3.05, 3.63) is 29.8 Å². The van der Waals surface area contributed by atoms with Crippen LogP contribution >= 0.6 is 0 Å². The summed E-state index contributed by atoms with van der Waals surface area (Å²) >= 11 is 0. The molecule has 0 heterocycles. The Balaban J connectivity index is 0. The van der Waals surface area contributed by atoms with E-state index in [9.17, 15) is 4.79 Å². The first-order valence-electron chi connectivity index (χ1n) is 3.62. The summed E-state index contributed by atoms with van der Waals surface area (Å²) in [6, 6.07) is 6.75. The number of anilines is 1. The molecule has 0 aromatic heterocycles. The van der Waals surface area contributed by atoms with Crippen LogP contribution in [-0.4, -0.2) is 25.2 Å². The summed E-state index contributed by atoms with van der Waals surface area (Å²) in [6.07, 6.45) is 0. The summed E-state index contributed by atoms with van der Waals surface area (Å²) in [6.45, 7) is 0. The smallest absolute Gasteiger partial charge is 1.00 e. The molecule has 0 bridgehead atoms. The summed E-state index contributed by atoms with van der Waals surface area (Å²) in [7, 11) is 3.82. The van der Waals surface area contributed by atoms with E-state index in [1.54, 1.807) is 24.3 Å². The van der Waals surface area contributed by atoms with Crippen molar-refractivity contribution in [2.24, 2.45) is 0 Å². The van der Waals surface area contributed by atoms with E-state index in [1.165, 1.54) is 0 Å². The van der Waals surface area contributed by atoms with Crippen LogP contribution in [0, 0.1) is 0 Å². The van der Waals surface area contributed by atoms with Crippen molar-refractivity contribution >= 4 is 11.7 Å². The number of carboxylic acid groups (broad SMARTS) is 1. The Bertz CT molecular complexity index is 287. The fraction of sp³-hybridized carbons (Fsp3) is 0.222. The van der Waals surface area contributed by atoms with Crippen LogP contribution in [0.4, 0.5) is 5.69 Å². The number of nitrogens with zero attached hydrogens (tertiary/aromatic N) is 1. The molecule has 1 aromatic carbocycles. The van der Waals surface area contributed by atoms with Gasteiger partial charge >= 0.3 is 57.4 Å². The van der Waals surface area contributed by atoms with Gasteiger partial charge in [0.1, 0.15) is 0 Å². The van der Waals surface area contributed by atoms with Crippen molar-refractivity contribution in [2.75, 3.05) is 19.0 Å². The van der Waals surface area contributed by atoms with Crippen molar-refractivity contribution in [2.45, 2.75) is 0 Å². The van der Waals surface area contributed by atoms with Gasteiger partial charge in [0, 0.05) is 19.8 Å². The molecule has 0 saturated heterocycles. The standard InChI is InChI=1S/C9H11NO2.K.H/c1-10(2)8-5-3-7(4-6-8)9(11)12;;/h3-6H,1-2H3,(H,11,12);;/q;+1;-1. The van der Waals surface area contributed by atoms with Crippen molar-refractivity contribution in [3.8, 4) is 0 Å². The molecule has 4 heteroatoms. The van der Waals surface area contributed by atoms with Crippen LogP contribution in [0.1, 0.15) is 11.8 Å². The molecule has 0 radical (unpaired) electrons. The van der Waals surface area contributed by atoms with Gasteiger partial charge in [-0.2, -0.15) is 0 Å². The summed E-state index contributed by atoms with van der Waals surface area (Å²) < 4.78 is 0. The van der Waals surface area contributed by atoms with Gasteiger partial charge in [-0.25, -0.2) is 4.79 Å². The average Bonchev–Trinajstić information content (AvgIpc) is 2.04. The predicted octanol–water partition coefficient (Wildman–Crippen LogP) is -1.43. The summed E-state index contributed by atoms with van der Waals surface area (Å²) in [5.41, 5.74) is 1.32. The van der Waals surface area contributed by atoms with Crippen molar-refractivity contribution in [1.29, 1.82) is 0 Å². The molecular formula is C9H12KNO2. The van der Waals surface area contributed by atoms with Crippen LogP contribution in [0.15, 0.2) is 24.3 Å². The van der Waals surface area contributed by atoms with E-state index in [1.807, 2.05) is 19.0 Å². The van der Waals surface area contributed by atoms with Crippen LogP contribution in [0.2, 0.25) is 0 Å². The van der Waals surface area contributed by atoms with Gasteiger partial charge in [0.15, 0.2) is 0 Å². The molecular weight excluding hydrogens is 193 g/mol. The van der Waals surface area contributed by atoms with Crippen LogP contribution in [0.25, 0.3) is 0 Å². The second-order valence-corrected chi connectivity index (χ2v) is 2.75. The first-order chi connectivity index (χ1) is 5.61. The number of benzene rings is 1. The van der Waals surface area contributed by atoms with E-state index in [2.05, 4.69) is 0 Å². The third-order valence-electron chi connectivity index (χ3n) is 1.63. The van der Waals surface area contributed by atoms with E-state index in [0.29, 0.717) is 5.56 Å².